The van der Waals surface area contributed by atoms with E-state index < -0.39 is 30.5 Å². The van der Waals surface area contributed by atoms with Gasteiger partial charge in [0.1, 0.15) is 12.1 Å². The van der Waals surface area contributed by atoms with E-state index in [-0.39, 0.29) is 11.4 Å². The summed E-state index contributed by atoms with van der Waals surface area (Å²) in [6.45, 7) is -0.542. The number of hydrogen-bond acceptors (Lipinski definition) is 6. The van der Waals surface area contributed by atoms with Crippen molar-refractivity contribution >= 4 is 29.8 Å². The zero-order chi connectivity index (χ0) is 15.3. The number of hydrogen-bond donors (Lipinski definition) is 4. The number of nitrogens with two attached hydrogens (primary N) is 1. The summed E-state index contributed by atoms with van der Waals surface area (Å²) in [5, 5.41) is 23.2. The van der Waals surface area contributed by atoms with Crippen molar-refractivity contribution in [1.82, 2.24) is 15.1 Å². The van der Waals surface area contributed by atoms with Gasteiger partial charge in [-0.1, -0.05) is 0 Å². The van der Waals surface area contributed by atoms with Crippen molar-refractivity contribution in [3.63, 3.8) is 0 Å². The second-order valence-electron chi connectivity index (χ2n) is 3.38. The van der Waals surface area contributed by atoms with Gasteiger partial charge in [0.2, 0.25) is 5.96 Å². The standard InChI is InChI=1S/C9H11N5O6/c1-20-9(19)12-8(10)11-6-4(7(17)18)2-14(13-6)3-5(15)16/h2H,3H2,1H3,(H,15,16)(H,17,18)(H3,10,11,12,13,19). The Bertz CT molecular complexity index is 577. The molecule has 1 aromatic rings. The molecule has 1 heterocycles. The Labute approximate surface area is 111 Å². The first-order valence-corrected chi connectivity index (χ1v) is 5.05. The van der Waals surface area contributed by atoms with Crippen LogP contribution >= 0.6 is 0 Å². The predicted octanol–water partition coefficient (Wildman–Crippen LogP) is -1.03. The molecule has 0 fully saturated rings. The number of carbonyl (C=O) groups is 3. The summed E-state index contributed by atoms with van der Waals surface area (Å²) < 4.78 is 5.13. The van der Waals surface area contributed by atoms with E-state index in [4.69, 9.17) is 15.9 Å². The van der Waals surface area contributed by atoms with Crippen LogP contribution in [0.3, 0.4) is 0 Å². The van der Waals surface area contributed by atoms with Crippen LogP contribution in [0.2, 0.25) is 0 Å². The van der Waals surface area contributed by atoms with Gasteiger partial charge in [0, 0.05) is 6.20 Å². The highest BCUT2D eigenvalue weighted by Crippen LogP contribution is 2.16. The van der Waals surface area contributed by atoms with Crippen molar-refractivity contribution in [3.8, 4) is 0 Å². The second-order valence-corrected chi connectivity index (χ2v) is 3.38. The molecule has 0 aliphatic rings. The number of aliphatic carboxylic acids is 1. The molecule has 1 amide bonds. The number of nitrogens with one attached hydrogen (secondary N) is 1. The van der Waals surface area contributed by atoms with Crippen LogP contribution in [0.25, 0.3) is 0 Å². The number of ether oxygens (including phenoxy) is 1. The maximum absolute atomic E-state index is 11.0. The molecule has 0 radical (unpaired) electrons. The molecule has 108 valence electrons. The van der Waals surface area contributed by atoms with Gasteiger partial charge >= 0.3 is 18.0 Å². The minimum atomic E-state index is -1.37. The molecular weight excluding hydrogens is 274 g/mol. The fourth-order valence-corrected chi connectivity index (χ4v) is 1.16. The monoisotopic (exact) mass is 285 g/mol. The number of guanidine groups is 1. The fraction of sp³-hybridized carbons (Fsp3) is 0.222. The lowest BCUT2D eigenvalue weighted by Crippen LogP contribution is -2.36. The number of alkyl carbamates (subject to hydrolysis) is 1. The average Bonchev–Trinajstić information content (AvgIpc) is 2.70. The maximum atomic E-state index is 11.0. The number of methoxy groups -OCH3 is 1. The molecule has 5 N–H and O–H groups in total. The van der Waals surface area contributed by atoms with Crippen LogP contribution < -0.4 is 11.1 Å². The molecule has 0 aliphatic carbocycles. The van der Waals surface area contributed by atoms with Crippen LogP contribution in [0.4, 0.5) is 10.6 Å². The topological polar surface area (TPSA) is 169 Å². The number of rotatable bonds is 4. The Balaban J connectivity index is 3.06. The first kappa shape index (κ1) is 14.9. The fourth-order valence-electron chi connectivity index (χ4n) is 1.16. The molecule has 0 aliphatic heterocycles. The largest absolute Gasteiger partial charge is 0.480 e. The molecule has 0 unspecified atom stereocenters. The van der Waals surface area contributed by atoms with Gasteiger partial charge in [0.15, 0.2) is 5.82 Å². The number of aromatic nitrogens is 2. The number of aliphatic imine (C=N–C) groups is 1. The lowest BCUT2D eigenvalue weighted by molar-refractivity contribution is -0.137. The summed E-state index contributed by atoms with van der Waals surface area (Å²) >= 11 is 0. The normalized spacial score (nSPS) is 10.9. The first-order valence-electron chi connectivity index (χ1n) is 5.05. The van der Waals surface area contributed by atoms with Gasteiger partial charge in [-0.3, -0.25) is 14.8 Å². The molecule has 0 saturated heterocycles. The van der Waals surface area contributed by atoms with Crippen LogP contribution in [0.15, 0.2) is 11.2 Å². The van der Waals surface area contributed by atoms with E-state index in [1.165, 1.54) is 0 Å². The van der Waals surface area contributed by atoms with Gasteiger partial charge in [-0.15, -0.1) is 0 Å². The van der Waals surface area contributed by atoms with Crippen molar-refractivity contribution in [1.29, 1.82) is 0 Å². The lowest BCUT2D eigenvalue weighted by Gasteiger charge is -2.01. The number of carboxylic acids is 2. The smallest absolute Gasteiger partial charge is 0.413 e. The molecular formula is C9H11N5O6. The molecule has 20 heavy (non-hydrogen) atoms. The van der Waals surface area contributed by atoms with Crippen LogP contribution in [0.1, 0.15) is 10.4 Å². The zero-order valence-corrected chi connectivity index (χ0v) is 10.2. The van der Waals surface area contributed by atoms with E-state index in [9.17, 15) is 14.4 Å². The van der Waals surface area contributed by atoms with Crippen LogP contribution in [0, 0.1) is 0 Å². The SMILES string of the molecule is COC(=O)N/C(N)=N/c1nn(CC(=O)O)cc1C(=O)O. The third kappa shape index (κ3) is 3.97. The van der Waals surface area contributed by atoms with Crippen molar-refractivity contribution in [3.05, 3.63) is 11.8 Å². The number of carbonyl (C=O) groups excluding carboxylic acids is 1. The van der Waals surface area contributed by atoms with Crippen molar-refractivity contribution in [2.75, 3.05) is 7.11 Å². The van der Waals surface area contributed by atoms with Crippen LogP contribution in [-0.4, -0.2) is 51.1 Å². The number of amides is 1. The number of aromatic carboxylic acids is 1. The Morgan fingerprint density at radius 2 is 2.15 bits per heavy atom. The molecule has 0 aromatic carbocycles. The number of carboxylic acid groups (broad SMARTS) is 2. The van der Waals surface area contributed by atoms with Crippen molar-refractivity contribution in [2.45, 2.75) is 6.54 Å². The van der Waals surface area contributed by atoms with E-state index in [0.717, 1.165) is 18.0 Å². The second kappa shape index (κ2) is 6.17. The van der Waals surface area contributed by atoms with E-state index in [2.05, 4.69) is 14.8 Å². The number of nitrogens with zero attached hydrogens (tertiary/aromatic N) is 3. The quantitative estimate of drug-likeness (QED) is 0.401. The molecule has 1 rings (SSSR count). The highest BCUT2D eigenvalue weighted by molar-refractivity contribution is 5.97. The summed E-state index contributed by atoms with van der Waals surface area (Å²) in [6, 6.07) is 0. The van der Waals surface area contributed by atoms with Gasteiger partial charge < -0.3 is 20.7 Å². The molecule has 0 bridgehead atoms. The molecule has 0 atom stereocenters. The summed E-state index contributed by atoms with van der Waals surface area (Å²) in [5.74, 6) is -3.36. The lowest BCUT2D eigenvalue weighted by atomic mass is 10.3. The minimum Gasteiger partial charge on any atom is -0.480 e. The molecule has 11 heteroatoms. The molecule has 1 aromatic heterocycles. The Morgan fingerprint density at radius 1 is 1.50 bits per heavy atom. The van der Waals surface area contributed by atoms with Gasteiger partial charge in [-0.2, -0.15) is 10.1 Å². The summed E-state index contributed by atoms with van der Waals surface area (Å²) in [4.78, 5) is 35.9. The third-order valence-electron chi connectivity index (χ3n) is 1.91. The maximum Gasteiger partial charge on any atom is 0.413 e. The molecule has 0 spiro atoms. The first-order chi connectivity index (χ1) is 9.33. The van der Waals surface area contributed by atoms with E-state index in [1.807, 2.05) is 5.32 Å². The molecule has 0 saturated carbocycles. The highest BCUT2D eigenvalue weighted by atomic mass is 16.5. The Hall–Kier alpha value is -3.11. The van der Waals surface area contributed by atoms with E-state index in [0.29, 0.717) is 0 Å². The van der Waals surface area contributed by atoms with Crippen LogP contribution in [-0.2, 0) is 16.1 Å². The van der Waals surface area contributed by atoms with Crippen LogP contribution in [0.5, 0.6) is 0 Å². The Morgan fingerprint density at radius 3 is 2.65 bits per heavy atom. The average molecular weight is 285 g/mol. The van der Waals surface area contributed by atoms with E-state index >= 15 is 0 Å². The van der Waals surface area contributed by atoms with E-state index in [1.54, 1.807) is 0 Å². The van der Waals surface area contributed by atoms with Crippen molar-refractivity contribution < 1.29 is 29.3 Å². The minimum absolute atomic E-state index is 0.340. The van der Waals surface area contributed by atoms with Gasteiger partial charge in [-0.25, -0.2) is 9.59 Å². The molecule has 11 nitrogen and oxygen atoms in total. The Kier molecular flexibility index (Phi) is 4.61. The summed E-state index contributed by atoms with van der Waals surface area (Å²) in [7, 11) is 1.10. The zero-order valence-electron chi connectivity index (χ0n) is 10.2. The highest BCUT2D eigenvalue weighted by Gasteiger charge is 2.17. The third-order valence-corrected chi connectivity index (χ3v) is 1.91. The summed E-state index contributed by atoms with van der Waals surface area (Å²) in [6.07, 6.45) is 0.0915. The van der Waals surface area contributed by atoms with Gasteiger partial charge in [-0.05, 0) is 0 Å². The van der Waals surface area contributed by atoms with Gasteiger partial charge in [0.05, 0.1) is 7.11 Å². The predicted molar refractivity (Wildman–Crippen MR) is 63.6 cm³/mol. The van der Waals surface area contributed by atoms with Gasteiger partial charge in [0.25, 0.3) is 0 Å². The van der Waals surface area contributed by atoms with Crippen molar-refractivity contribution in [2.24, 2.45) is 10.7 Å². The summed E-state index contributed by atoms with van der Waals surface area (Å²) in [5.41, 5.74) is 4.98.